The van der Waals surface area contributed by atoms with Crippen LogP contribution in [-0.2, 0) is 19.9 Å². The van der Waals surface area contributed by atoms with Crippen LogP contribution in [0, 0.1) is 0 Å². The van der Waals surface area contributed by atoms with Gasteiger partial charge in [-0.15, -0.1) is 11.3 Å². The van der Waals surface area contributed by atoms with Crippen molar-refractivity contribution in [2.75, 3.05) is 12.3 Å². The lowest BCUT2D eigenvalue weighted by Crippen LogP contribution is -2.38. The van der Waals surface area contributed by atoms with Gasteiger partial charge in [-0.3, -0.25) is 0 Å². The molecule has 0 saturated carbocycles. The predicted molar refractivity (Wildman–Crippen MR) is 74.7 cm³/mol. The molecule has 0 aliphatic rings. The number of alkyl halides is 3. The summed E-state index contributed by atoms with van der Waals surface area (Å²) in [6.07, 6.45) is 0. The van der Waals surface area contributed by atoms with Gasteiger partial charge >= 0.3 is 15.5 Å². The van der Waals surface area contributed by atoms with E-state index < -0.39 is 37.7 Å². The Morgan fingerprint density at radius 2 is 1.77 bits per heavy atom. The minimum Gasteiger partial charge on any atom is -0.225 e. The average Bonchev–Trinajstić information content (AvgIpc) is 2.81. The van der Waals surface area contributed by atoms with Crippen molar-refractivity contribution < 1.29 is 30.0 Å². The molecule has 0 bridgehead atoms. The van der Waals surface area contributed by atoms with Crippen LogP contribution in [0.15, 0.2) is 28.6 Å². The lowest BCUT2D eigenvalue weighted by atomic mass is 10.3. The summed E-state index contributed by atoms with van der Waals surface area (Å²) in [5, 5.41) is 0. The number of rotatable bonds is 5. The summed E-state index contributed by atoms with van der Waals surface area (Å²) in [5.41, 5.74) is -5.03. The molecule has 0 atom stereocenters. The molecule has 1 N–H and O–H groups in total. The maximum atomic E-state index is 12.1. The van der Waals surface area contributed by atoms with Crippen molar-refractivity contribution in [1.82, 2.24) is 9.71 Å². The Hall–Kier alpha value is -1.24. The van der Waals surface area contributed by atoms with E-state index in [-0.39, 0.29) is 4.34 Å². The van der Waals surface area contributed by atoms with Gasteiger partial charge in [0.2, 0.25) is 14.2 Å². The van der Waals surface area contributed by atoms with Gasteiger partial charge in [-0.25, -0.2) is 26.5 Å². The van der Waals surface area contributed by atoms with Gasteiger partial charge in [-0.05, 0) is 12.1 Å². The number of nitrogens with zero attached hydrogens (tertiary/aromatic N) is 1. The molecule has 2 aromatic rings. The number of halogens is 3. The third-order valence-corrected chi connectivity index (χ3v) is 6.91. The predicted octanol–water partition coefficient (Wildman–Crippen LogP) is 1.51. The van der Waals surface area contributed by atoms with E-state index in [0.717, 1.165) is 11.3 Å². The first-order chi connectivity index (χ1) is 10.0. The van der Waals surface area contributed by atoms with Crippen molar-refractivity contribution >= 4 is 41.4 Å². The topological polar surface area (TPSA) is 93.2 Å². The van der Waals surface area contributed by atoms with E-state index in [2.05, 4.69) is 4.98 Å². The number of fused-ring (bicyclic) bond motifs is 1. The Kier molecular flexibility index (Phi) is 4.48. The normalized spacial score (nSPS) is 13.6. The van der Waals surface area contributed by atoms with Gasteiger partial charge in [0.05, 0.1) is 16.0 Å². The van der Waals surface area contributed by atoms with Crippen LogP contribution in [-0.4, -0.2) is 39.6 Å². The van der Waals surface area contributed by atoms with Gasteiger partial charge in [0, 0.05) is 6.54 Å². The van der Waals surface area contributed by atoms with Crippen LogP contribution < -0.4 is 4.72 Å². The first-order valence-electron chi connectivity index (χ1n) is 5.67. The summed E-state index contributed by atoms with van der Waals surface area (Å²) in [4.78, 5) is 3.88. The van der Waals surface area contributed by atoms with Crippen LogP contribution in [0.2, 0.25) is 0 Å². The van der Waals surface area contributed by atoms with Gasteiger partial charge in [0.1, 0.15) is 0 Å². The van der Waals surface area contributed by atoms with Crippen molar-refractivity contribution in [3.63, 3.8) is 0 Å². The van der Waals surface area contributed by atoms with E-state index in [4.69, 9.17) is 0 Å². The Morgan fingerprint density at radius 1 is 1.14 bits per heavy atom. The number of hydrogen-bond donors (Lipinski definition) is 1. The third kappa shape index (κ3) is 3.56. The zero-order chi connectivity index (χ0) is 16.6. The number of benzene rings is 1. The van der Waals surface area contributed by atoms with Crippen molar-refractivity contribution in [3.8, 4) is 0 Å². The molecule has 1 aromatic heterocycles. The molecule has 1 heterocycles. The van der Waals surface area contributed by atoms with Crippen molar-refractivity contribution in [1.29, 1.82) is 0 Å². The summed E-state index contributed by atoms with van der Waals surface area (Å²) in [6.45, 7) is -0.889. The number of hydrogen-bond acceptors (Lipinski definition) is 6. The number of sulfonamides is 1. The highest BCUT2D eigenvalue weighted by molar-refractivity contribution is 7.93. The molecule has 0 saturated heterocycles. The molecule has 0 radical (unpaired) electrons. The molecule has 1 aromatic carbocycles. The summed E-state index contributed by atoms with van der Waals surface area (Å²) >= 11 is 0.869. The fraction of sp³-hybridized carbons (Fsp3) is 0.300. The lowest BCUT2D eigenvalue weighted by molar-refractivity contribution is -0.0447. The number of sulfone groups is 1. The largest absolute Gasteiger partial charge is 0.511 e. The fourth-order valence-electron chi connectivity index (χ4n) is 1.46. The molecule has 0 aliphatic carbocycles. The minimum atomic E-state index is -5.56. The highest BCUT2D eigenvalue weighted by Gasteiger charge is 2.45. The zero-order valence-corrected chi connectivity index (χ0v) is 13.1. The van der Waals surface area contributed by atoms with Crippen LogP contribution in [0.5, 0.6) is 0 Å². The summed E-state index contributed by atoms with van der Waals surface area (Å²) in [7, 11) is -9.54. The van der Waals surface area contributed by atoms with Crippen LogP contribution in [0.4, 0.5) is 13.2 Å². The molecular weight excluding hydrogens is 365 g/mol. The van der Waals surface area contributed by atoms with Gasteiger partial charge in [-0.1, -0.05) is 12.1 Å². The molecule has 0 fully saturated rings. The van der Waals surface area contributed by atoms with E-state index >= 15 is 0 Å². The molecule has 0 aliphatic heterocycles. The van der Waals surface area contributed by atoms with E-state index in [1.54, 1.807) is 24.3 Å². The first kappa shape index (κ1) is 17.1. The van der Waals surface area contributed by atoms with Crippen molar-refractivity contribution in [3.05, 3.63) is 24.3 Å². The Labute approximate surface area is 128 Å². The highest BCUT2D eigenvalue weighted by Crippen LogP contribution is 2.26. The van der Waals surface area contributed by atoms with E-state index in [1.807, 2.05) is 0 Å². The summed E-state index contributed by atoms with van der Waals surface area (Å²) < 4.78 is 83.3. The van der Waals surface area contributed by atoms with E-state index in [1.165, 1.54) is 4.72 Å². The van der Waals surface area contributed by atoms with Crippen LogP contribution in [0.25, 0.3) is 10.2 Å². The maximum absolute atomic E-state index is 12.1. The van der Waals surface area contributed by atoms with Crippen molar-refractivity contribution in [2.24, 2.45) is 0 Å². The van der Waals surface area contributed by atoms with Gasteiger partial charge in [0.25, 0.3) is 0 Å². The number of nitrogens with one attached hydrogen (secondary N) is 1. The molecule has 122 valence electrons. The van der Waals surface area contributed by atoms with E-state index in [9.17, 15) is 30.0 Å². The Balaban J connectivity index is 2.12. The van der Waals surface area contributed by atoms with Gasteiger partial charge < -0.3 is 0 Å². The first-order valence-corrected chi connectivity index (χ1v) is 9.62. The number of aromatic nitrogens is 1. The molecular formula is C10H9F3N2O4S3. The average molecular weight is 374 g/mol. The Morgan fingerprint density at radius 3 is 2.36 bits per heavy atom. The minimum absolute atomic E-state index is 0.264. The fourth-order valence-corrected chi connectivity index (χ4v) is 4.63. The Bertz CT molecular complexity index is 855. The third-order valence-electron chi connectivity index (χ3n) is 2.51. The molecule has 22 heavy (non-hydrogen) atoms. The second kappa shape index (κ2) is 5.76. The quantitative estimate of drug-likeness (QED) is 0.856. The van der Waals surface area contributed by atoms with Crippen LogP contribution in [0.3, 0.4) is 0 Å². The summed E-state index contributed by atoms with van der Waals surface area (Å²) in [5.74, 6) is -0.817. The summed E-state index contributed by atoms with van der Waals surface area (Å²) in [6, 6.07) is 6.60. The second-order valence-corrected chi connectivity index (χ2v) is 9.18. The van der Waals surface area contributed by atoms with Crippen molar-refractivity contribution in [2.45, 2.75) is 9.85 Å². The zero-order valence-electron chi connectivity index (χ0n) is 10.7. The highest BCUT2D eigenvalue weighted by atomic mass is 32.2. The lowest BCUT2D eigenvalue weighted by Gasteiger charge is -2.08. The molecule has 0 amide bonds. The van der Waals surface area contributed by atoms with Crippen LogP contribution in [0.1, 0.15) is 0 Å². The molecule has 12 heteroatoms. The molecule has 0 unspecified atom stereocenters. The van der Waals surface area contributed by atoms with Gasteiger partial charge in [-0.2, -0.15) is 13.2 Å². The monoisotopic (exact) mass is 374 g/mol. The standard InChI is InChI=1S/C10H9F3N2O4S3/c11-10(12,13)22(18,19)14-5-6-21(16,17)9-15-7-3-1-2-4-8(7)20-9/h1-4,14H,5-6H2. The second-order valence-electron chi connectivity index (χ2n) is 4.11. The molecule has 2 rings (SSSR count). The number of para-hydroxylation sites is 1. The number of thiazole rings is 1. The SMILES string of the molecule is O=S(=O)(CCNS(=O)(=O)C(F)(F)F)c1nc2ccccc2s1. The molecule has 0 spiro atoms. The smallest absolute Gasteiger partial charge is 0.225 e. The van der Waals surface area contributed by atoms with E-state index in [0.29, 0.717) is 10.2 Å². The molecule has 6 nitrogen and oxygen atoms in total. The van der Waals surface area contributed by atoms with Gasteiger partial charge in [0.15, 0.2) is 0 Å². The maximum Gasteiger partial charge on any atom is 0.511 e. The van der Waals surface area contributed by atoms with Crippen LogP contribution >= 0.6 is 11.3 Å².